The van der Waals surface area contributed by atoms with Crippen LogP contribution in [-0.4, -0.2) is 34.9 Å². The lowest BCUT2D eigenvalue weighted by molar-refractivity contribution is -0.113. The first-order valence-corrected chi connectivity index (χ1v) is 9.08. The molecule has 0 saturated heterocycles. The summed E-state index contributed by atoms with van der Waals surface area (Å²) in [6.07, 6.45) is 1.46. The van der Waals surface area contributed by atoms with E-state index in [-0.39, 0.29) is 5.91 Å². The monoisotopic (exact) mass is 391 g/mol. The number of carbonyl (C=O) groups is 1. The predicted octanol–water partition coefficient (Wildman–Crippen LogP) is 3.22. The van der Waals surface area contributed by atoms with Crippen LogP contribution in [0.4, 0.5) is 11.6 Å². The van der Waals surface area contributed by atoms with Crippen LogP contribution in [0.2, 0.25) is 0 Å². The van der Waals surface area contributed by atoms with Gasteiger partial charge in [-0.15, -0.1) is 0 Å². The Morgan fingerprint density at radius 2 is 1.86 bits per heavy atom. The Labute approximate surface area is 168 Å². The molecule has 0 unspecified atom stereocenters. The van der Waals surface area contributed by atoms with Gasteiger partial charge in [0.2, 0.25) is 5.95 Å². The second-order valence-electron chi connectivity index (χ2n) is 6.52. The number of allylic oxidation sites excluding steroid dienone is 1. The normalized spacial score (nSPS) is 15.3. The van der Waals surface area contributed by atoms with Crippen LogP contribution in [0, 0.1) is 0 Å². The lowest BCUT2D eigenvalue weighted by atomic mass is 9.94. The highest BCUT2D eigenvalue weighted by molar-refractivity contribution is 6.06. The van der Waals surface area contributed by atoms with Gasteiger partial charge in [-0.3, -0.25) is 4.79 Å². The largest absolute Gasteiger partial charge is 0.497 e. The van der Waals surface area contributed by atoms with Crippen LogP contribution < -0.4 is 20.1 Å². The van der Waals surface area contributed by atoms with Gasteiger partial charge in [0.1, 0.15) is 23.9 Å². The zero-order chi connectivity index (χ0) is 20.4. The smallest absolute Gasteiger partial charge is 0.255 e. The van der Waals surface area contributed by atoms with Crippen molar-refractivity contribution in [3.63, 3.8) is 0 Å². The van der Waals surface area contributed by atoms with Crippen molar-refractivity contribution in [1.82, 2.24) is 14.8 Å². The van der Waals surface area contributed by atoms with Gasteiger partial charge in [0.25, 0.3) is 5.91 Å². The Hall–Kier alpha value is -3.81. The Morgan fingerprint density at radius 1 is 1.10 bits per heavy atom. The van der Waals surface area contributed by atoms with Crippen LogP contribution in [0.25, 0.3) is 0 Å². The molecule has 1 amide bonds. The fourth-order valence-corrected chi connectivity index (χ4v) is 3.44. The third kappa shape index (κ3) is 3.40. The number of methoxy groups -OCH3 is 2. The molecular formula is C21H21N5O3. The number of amides is 1. The minimum absolute atomic E-state index is 0.239. The molecule has 148 valence electrons. The van der Waals surface area contributed by atoms with Crippen LogP contribution >= 0.6 is 0 Å². The Bertz CT molecular complexity index is 1070. The highest BCUT2D eigenvalue weighted by Gasteiger charge is 2.35. The Morgan fingerprint density at radius 3 is 2.59 bits per heavy atom. The SMILES string of the molecule is COc1ccc(NC(=O)C2=C(C)Nc3ncnn3[C@@H]2c2ccccc2OC)cc1. The highest BCUT2D eigenvalue weighted by Crippen LogP contribution is 2.38. The van der Waals surface area contributed by atoms with E-state index in [0.29, 0.717) is 28.7 Å². The molecule has 8 heteroatoms. The lowest BCUT2D eigenvalue weighted by Crippen LogP contribution is -2.31. The number of para-hydroxylation sites is 1. The summed E-state index contributed by atoms with van der Waals surface area (Å²) >= 11 is 0. The summed E-state index contributed by atoms with van der Waals surface area (Å²) in [5.41, 5.74) is 2.72. The van der Waals surface area contributed by atoms with Gasteiger partial charge >= 0.3 is 0 Å². The second kappa shape index (κ2) is 7.67. The van der Waals surface area contributed by atoms with Gasteiger partial charge in [-0.25, -0.2) is 4.68 Å². The molecule has 2 aromatic carbocycles. The first-order chi connectivity index (χ1) is 14.1. The van der Waals surface area contributed by atoms with E-state index in [1.165, 1.54) is 6.33 Å². The molecule has 0 spiro atoms. The predicted molar refractivity (Wildman–Crippen MR) is 109 cm³/mol. The van der Waals surface area contributed by atoms with E-state index < -0.39 is 6.04 Å². The fourth-order valence-electron chi connectivity index (χ4n) is 3.44. The maximum absolute atomic E-state index is 13.3. The molecular weight excluding hydrogens is 370 g/mol. The van der Waals surface area contributed by atoms with Crippen molar-refractivity contribution in [3.05, 3.63) is 71.7 Å². The van der Waals surface area contributed by atoms with E-state index in [1.807, 2.05) is 31.2 Å². The molecule has 1 atom stereocenters. The van der Waals surface area contributed by atoms with Crippen LogP contribution in [0.5, 0.6) is 11.5 Å². The van der Waals surface area contributed by atoms with Crippen molar-refractivity contribution in [2.75, 3.05) is 24.9 Å². The average Bonchev–Trinajstić information content (AvgIpc) is 3.21. The molecule has 1 aliphatic rings. The molecule has 29 heavy (non-hydrogen) atoms. The van der Waals surface area contributed by atoms with Crippen molar-refractivity contribution in [3.8, 4) is 11.5 Å². The maximum atomic E-state index is 13.3. The van der Waals surface area contributed by atoms with Gasteiger partial charge in [0.05, 0.1) is 19.8 Å². The van der Waals surface area contributed by atoms with Crippen LogP contribution in [0.3, 0.4) is 0 Å². The maximum Gasteiger partial charge on any atom is 0.255 e. The molecule has 3 aromatic rings. The molecule has 2 heterocycles. The van der Waals surface area contributed by atoms with Crippen molar-refractivity contribution in [1.29, 1.82) is 0 Å². The van der Waals surface area contributed by atoms with Gasteiger partial charge in [0.15, 0.2) is 0 Å². The molecule has 1 aliphatic heterocycles. The molecule has 1 aromatic heterocycles. The molecule has 0 saturated carbocycles. The van der Waals surface area contributed by atoms with Gasteiger partial charge in [0, 0.05) is 16.9 Å². The number of carbonyl (C=O) groups excluding carboxylic acids is 1. The van der Waals surface area contributed by atoms with Gasteiger partial charge in [-0.05, 0) is 37.3 Å². The number of fused-ring (bicyclic) bond motifs is 1. The van der Waals surface area contributed by atoms with E-state index >= 15 is 0 Å². The number of benzene rings is 2. The molecule has 8 nitrogen and oxygen atoms in total. The van der Waals surface area contributed by atoms with E-state index in [0.717, 1.165) is 11.3 Å². The second-order valence-corrected chi connectivity index (χ2v) is 6.52. The first-order valence-electron chi connectivity index (χ1n) is 9.08. The lowest BCUT2D eigenvalue weighted by Gasteiger charge is -2.29. The average molecular weight is 391 g/mol. The number of nitrogens with one attached hydrogen (secondary N) is 2. The number of ether oxygens (including phenoxy) is 2. The molecule has 0 fully saturated rings. The van der Waals surface area contributed by atoms with E-state index in [9.17, 15) is 4.79 Å². The van der Waals surface area contributed by atoms with E-state index in [4.69, 9.17) is 9.47 Å². The van der Waals surface area contributed by atoms with Gasteiger partial charge in [-0.1, -0.05) is 18.2 Å². The van der Waals surface area contributed by atoms with E-state index in [2.05, 4.69) is 20.7 Å². The number of nitrogens with zero attached hydrogens (tertiary/aromatic N) is 3. The topological polar surface area (TPSA) is 90.3 Å². The molecule has 2 N–H and O–H groups in total. The number of rotatable bonds is 5. The Balaban J connectivity index is 1.75. The summed E-state index contributed by atoms with van der Waals surface area (Å²) < 4.78 is 12.4. The van der Waals surface area contributed by atoms with Crippen LogP contribution in [0.1, 0.15) is 18.5 Å². The number of anilines is 2. The van der Waals surface area contributed by atoms with E-state index in [1.54, 1.807) is 43.2 Å². The zero-order valence-corrected chi connectivity index (χ0v) is 16.3. The third-order valence-electron chi connectivity index (χ3n) is 4.82. The highest BCUT2D eigenvalue weighted by atomic mass is 16.5. The molecule has 4 rings (SSSR count). The molecule has 0 bridgehead atoms. The van der Waals surface area contributed by atoms with Crippen molar-refractivity contribution < 1.29 is 14.3 Å². The molecule has 0 radical (unpaired) electrons. The summed E-state index contributed by atoms with van der Waals surface area (Å²) in [6.45, 7) is 1.85. The zero-order valence-electron chi connectivity index (χ0n) is 16.3. The summed E-state index contributed by atoms with van der Waals surface area (Å²) in [5, 5.41) is 10.5. The quantitative estimate of drug-likeness (QED) is 0.694. The third-order valence-corrected chi connectivity index (χ3v) is 4.82. The van der Waals surface area contributed by atoms with Crippen LogP contribution in [0.15, 0.2) is 66.1 Å². The fraction of sp³-hybridized carbons (Fsp3) is 0.190. The van der Waals surface area contributed by atoms with Gasteiger partial charge < -0.3 is 20.1 Å². The first kappa shape index (κ1) is 18.5. The minimum Gasteiger partial charge on any atom is -0.497 e. The van der Waals surface area contributed by atoms with Gasteiger partial charge in [-0.2, -0.15) is 10.1 Å². The molecule has 0 aliphatic carbocycles. The Kier molecular flexibility index (Phi) is 4.90. The number of hydrogen-bond acceptors (Lipinski definition) is 6. The summed E-state index contributed by atoms with van der Waals surface area (Å²) in [4.78, 5) is 17.6. The van der Waals surface area contributed by atoms with Crippen molar-refractivity contribution in [2.24, 2.45) is 0 Å². The van der Waals surface area contributed by atoms with Crippen molar-refractivity contribution in [2.45, 2.75) is 13.0 Å². The summed E-state index contributed by atoms with van der Waals surface area (Å²) in [5.74, 6) is 1.72. The summed E-state index contributed by atoms with van der Waals surface area (Å²) in [7, 11) is 3.21. The minimum atomic E-state index is -0.483. The van der Waals surface area contributed by atoms with Crippen LogP contribution in [-0.2, 0) is 4.79 Å². The summed E-state index contributed by atoms with van der Waals surface area (Å²) in [6, 6.07) is 14.3. The van der Waals surface area contributed by atoms with Crippen molar-refractivity contribution >= 4 is 17.5 Å². The number of hydrogen-bond donors (Lipinski definition) is 2. The standard InChI is InChI=1S/C21H21N5O3/c1-13-18(20(27)25-14-8-10-15(28-2)11-9-14)19(26-21(24-13)22-12-23-26)16-6-4-5-7-17(16)29-3/h4-12,19H,1-3H3,(H,25,27)(H,22,23,24)/t19-/m1/s1. The number of aromatic nitrogens is 3.